The molecular weight excluding hydrogens is 957 g/mol. The largest absolute Gasteiger partial charge is 0.309 e. The summed E-state index contributed by atoms with van der Waals surface area (Å²) in [5, 5.41) is 8.53. The lowest BCUT2D eigenvalue weighted by Gasteiger charge is -2.22. The summed E-state index contributed by atoms with van der Waals surface area (Å²) in [5.74, 6) is 0. The van der Waals surface area contributed by atoms with Crippen LogP contribution in [0.2, 0.25) is 0 Å². The third-order valence-electron chi connectivity index (χ3n) is 18.3. The Morgan fingerprint density at radius 2 is 0.646 bits per heavy atom. The van der Waals surface area contributed by atoms with E-state index < -0.39 is 0 Å². The lowest BCUT2D eigenvalue weighted by Crippen LogP contribution is -2.15. The summed E-state index contributed by atoms with van der Waals surface area (Å²) in [5.41, 5.74) is 27.0. The van der Waals surface area contributed by atoms with Gasteiger partial charge in [-0.1, -0.05) is 167 Å². The van der Waals surface area contributed by atoms with Gasteiger partial charge in [-0.05, 0) is 164 Å². The van der Waals surface area contributed by atoms with E-state index in [1.807, 2.05) is 6.20 Å². The topological polar surface area (TPSA) is 27.7 Å². The standard InChI is InChI=1S/C75H52N4/c1-74(2)62-20-10-5-15-51(62)53-31-29-49(43-64(53)74)77-67-23-13-8-17-55(67)58-39-45(25-33-69(58)77)47-26-34-70-60(41-47)61-42-48(27-35-71(61)78(70)50-30-32-54-52-16-6-11-21-63(52)75(3,4)65(54)44-50)46-28-36-72-59(40-46)56-18-9-14-24-68(56)79(72)73-37-38-76-66-22-12-7-19-57(66)73/h5-44H,1-4H3. The first-order chi connectivity index (χ1) is 38.7. The molecule has 17 rings (SSSR count). The lowest BCUT2D eigenvalue weighted by molar-refractivity contribution is 0.660. The number of hydrogen-bond acceptors (Lipinski definition) is 1. The first-order valence-electron chi connectivity index (χ1n) is 27.7. The number of fused-ring (bicyclic) bond motifs is 16. The molecule has 4 nitrogen and oxygen atoms in total. The van der Waals surface area contributed by atoms with E-state index >= 15 is 0 Å². The molecule has 2 aliphatic rings. The van der Waals surface area contributed by atoms with Crippen LogP contribution in [0.4, 0.5) is 0 Å². The molecule has 15 aromatic rings. The smallest absolute Gasteiger partial charge is 0.0723 e. The van der Waals surface area contributed by atoms with Crippen LogP contribution in [0.1, 0.15) is 49.9 Å². The molecule has 0 bridgehead atoms. The summed E-state index contributed by atoms with van der Waals surface area (Å²) in [6, 6.07) is 88.8. The second-order valence-corrected chi connectivity index (χ2v) is 23.1. The van der Waals surface area contributed by atoms with Crippen molar-refractivity contribution in [1.29, 1.82) is 0 Å². The monoisotopic (exact) mass is 1010 g/mol. The van der Waals surface area contributed by atoms with Gasteiger partial charge < -0.3 is 13.7 Å². The Kier molecular flexibility index (Phi) is 8.93. The van der Waals surface area contributed by atoms with Crippen LogP contribution in [-0.2, 0) is 10.8 Å². The van der Waals surface area contributed by atoms with Gasteiger partial charge in [0.1, 0.15) is 0 Å². The van der Waals surface area contributed by atoms with E-state index in [1.54, 1.807) is 0 Å². The molecule has 0 aliphatic heterocycles. The van der Waals surface area contributed by atoms with Crippen LogP contribution in [0.15, 0.2) is 243 Å². The molecule has 4 heterocycles. The minimum Gasteiger partial charge on any atom is -0.309 e. The highest BCUT2D eigenvalue weighted by Crippen LogP contribution is 2.52. The average molecular weight is 1010 g/mol. The first-order valence-corrected chi connectivity index (χ1v) is 27.7. The summed E-state index contributed by atoms with van der Waals surface area (Å²) < 4.78 is 7.38. The highest BCUT2D eigenvalue weighted by molar-refractivity contribution is 6.15. The fraction of sp³-hybridized carbons (Fsp3) is 0.0800. The number of rotatable bonds is 5. The normalized spacial score (nSPS) is 14.0. The van der Waals surface area contributed by atoms with Crippen LogP contribution in [0.25, 0.3) is 138 Å². The lowest BCUT2D eigenvalue weighted by atomic mass is 9.82. The molecule has 0 radical (unpaired) electrons. The van der Waals surface area contributed by atoms with E-state index in [-0.39, 0.29) is 10.8 Å². The van der Waals surface area contributed by atoms with Crippen molar-refractivity contribution in [2.45, 2.75) is 38.5 Å². The van der Waals surface area contributed by atoms with E-state index in [1.165, 1.54) is 144 Å². The Hall–Kier alpha value is -9.77. The zero-order valence-corrected chi connectivity index (χ0v) is 44.4. The van der Waals surface area contributed by atoms with Crippen molar-refractivity contribution in [1.82, 2.24) is 18.7 Å². The molecular formula is C75H52N4. The zero-order valence-electron chi connectivity index (χ0n) is 44.4. The summed E-state index contributed by atoms with van der Waals surface area (Å²) in [6.07, 6.45) is 1.93. The van der Waals surface area contributed by atoms with Gasteiger partial charge in [-0.15, -0.1) is 0 Å². The van der Waals surface area contributed by atoms with Gasteiger partial charge in [0.15, 0.2) is 0 Å². The Bertz CT molecular complexity index is 5140. The molecule has 0 spiro atoms. The Morgan fingerprint density at radius 1 is 0.278 bits per heavy atom. The molecule has 4 aromatic heterocycles. The third kappa shape index (κ3) is 6.12. The van der Waals surface area contributed by atoms with Crippen LogP contribution >= 0.6 is 0 Å². The predicted octanol–water partition coefficient (Wildman–Crippen LogP) is 19.5. The predicted molar refractivity (Wildman–Crippen MR) is 331 cm³/mol. The van der Waals surface area contributed by atoms with Crippen molar-refractivity contribution in [3.8, 4) is 61.6 Å². The van der Waals surface area contributed by atoms with Crippen molar-refractivity contribution in [3.63, 3.8) is 0 Å². The third-order valence-corrected chi connectivity index (χ3v) is 18.3. The zero-order chi connectivity index (χ0) is 52.5. The van der Waals surface area contributed by atoms with Gasteiger partial charge in [0.05, 0.1) is 44.3 Å². The van der Waals surface area contributed by atoms with Gasteiger partial charge in [-0.2, -0.15) is 0 Å². The van der Waals surface area contributed by atoms with E-state index in [0.29, 0.717) is 0 Å². The highest BCUT2D eigenvalue weighted by Gasteiger charge is 2.37. The molecule has 0 saturated heterocycles. The maximum atomic E-state index is 4.72. The Balaban J connectivity index is 0.844. The van der Waals surface area contributed by atoms with E-state index in [9.17, 15) is 0 Å². The molecule has 0 atom stereocenters. The number of hydrogen-bond donors (Lipinski definition) is 0. The van der Waals surface area contributed by atoms with Crippen molar-refractivity contribution < 1.29 is 0 Å². The molecule has 11 aromatic carbocycles. The average Bonchev–Trinajstić information content (AvgIpc) is 4.24. The minimum absolute atomic E-state index is 0.0917. The van der Waals surface area contributed by atoms with Crippen molar-refractivity contribution in [3.05, 3.63) is 265 Å². The Morgan fingerprint density at radius 3 is 1.14 bits per heavy atom. The van der Waals surface area contributed by atoms with E-state index in [0.717, 1.165) is 16.6 Å². The van der Waals surface area contributed by atoms with Crippen molar-refractivity contribution in [2.24, 2.45) is 0 Å². The summed E-state index contributed by atoms with van der Waals surface area (Å²) in [6.45, 7) is 9.48. The van der Waals surface area contributed by atoms with E-state index in [4.69, 9.17) is 4.98 Å². The molecule has 2 aliphatic carbocycles. The fourth-order valence-corrected chi connectivity index (χ4v) is 14.4. The van der Waals surface area contributed by atoms with Crippen LogP contribution in [-0.4, -0.2) is 18.7 Å². The second kappa shape index (κ2) is 15.9. The fourth-order valence-electron chi connectivity index (χ4n) is 14.4. The molecule has 0 fully saturated rings. The van der Waals surface area contributed by atoms with Gasteiger partial charge in [0.2, 0.25) is 0 Å². The van der Waals surface area contributed by atoms with Gasteiger partial charge in [0, 0.05) is 66.1 Å². The number of pyridine rings is 1. The highest BCUT2D eigenvalue weighted by atomic mass is 15.0. The molecule has 0 saturated carbocycles. The van der Waals surface area contributed by atoms with Gasteiger partial charge >= 0.3 is 0 Å². The minimum atomic E-state index is -0.127. The van der Waals surface area contributed by atoms with Crippen molar-refractivity contribution >= 4 is 76.3 Å². The Labute approximate surface area is 457 Å². The van der Waals surface area contributed by atoms with Crippen molar-refractivity contribution in [2.75, 3.05) is 0 Å². The second-order valence-electron chi connectivity index (χ2n) is 23.1. The number of nitrogens with zero attached hydrogens (tertiary/aromatic N) is 4. The van der Waals surface area contributed by atoms with Gasteiger partial charge in [-0.25, -0.2) is 0 Å². The van der Waals surface area contributed by atoms with Crippen LogP contribution in [0.5, 0.6) is 0 Å². The van der Waals surface area contributed by atoms with Gasteiger partial charge in [0.25, 0.3) is 0 Å². The summed E-state index contributed by atoms with van der Waals surface area (Å²) in [7, 11) is 0. The molecule has 4 heteroatoms. The maximum absolute atomic E-state index is 4.72. The van der Waals surface area contributed by atoms with E-state index in [2.05, 4.69) is 278 Å². The molecule has 0 amide bonds. The number of aromatic nitrogens is 4. The van der Waals surface area contributed by atoms with Crippen LogP contribution in [0.3, 0.4) is 0 Å². The molecule has 79 heavy (non-hydrogen) atoms. The van der Waals surface area contributed by atoms with Crippen LogP contribution in [0, 0.1) is 0 Å². The summed E-state index contributed by atoms with van der Waals surface area (Å²) in [4.78, 5) is 4.72. The molecule has 0 N–H and O–H groups in total. The quantitative estimate of drug-likeness (QED) is 0.169. The van der Waals surface area contributed by atoms with Gasteiger partial charge in [-0.3, -0.25) is 4.98 Å². The first kappa shape index (κ1) is 44.4. The number of benzene rings is 11. The number of para-hydroxylation sites is 3. The molecule has 0 unspecified atom stereocenters. The maximum Gasteiger partial charge on any atom is 0.0723 e. The SMILES string of the molecule is CC1(C)c2ccccc2-c2ccc(-n3c4ccccc4c4cc(-c5ccc6c(c5)c5cc(-c7ccc8c(c7)c7ccccc7n8-c7ccnc8ccccc78)ccc5n6-c5ccc6c(c5)C(C)(C)c5ccccc5-6)ccc43)cc21. The van der Waals surface area contributed by atoms with Crippen LogP contribution < -0.4 is 0 Å². The summed E-state index contributed by atoms with van der Waals surface area (Å²) >= 11 is 0. The molecule has 372 valence electrons.